The van der Waals surface area contributed by atoms with Gasteiger partial charge >= 0.3 is 0 Å². The van der Waals surface area contributed by atoms with E-state index in [-0.39, 0.29) is 0 Å². The molecule has 0 spiro atoms. The first-order valence-electron chi connectivity index (χ1n) is 7.21. The molecule has 1 atom stereocenters. The van der Waals surface area contributed by atoms with Gasteiger partial charge in [-0.2, -0.15) is 0 Å². The number of unbranched alkanes of at least 4 members (excludes halogenated alkanes) is 1. The van der Waals surface area contributed by atoms with Crippen molar-refractivity contribution in [3.8, 4) is 17.6 Å². The molecule has 2 heteroatoms. The molecule has 0 saturated heterocycles. The normalized spacial score (nSPS) is 11.5. The number of nitrogens with two attached hydrogens (primary N) is 1. The summed E-state index contributed by atoms with van der Waals surface area (Å²) in [5, 5.41) is 0. The Balaban J connectivity index is 2.52. The fraction of sp³-hybridized carbons (Fsp3) is 0.529. The van der Waals surface area contributed by atoms with Crippen molar-refractivity contribution in [3.63, 3.8) is 0 Å². The molecule has 1 aromatic rings. The quantitative estimate of drug-likeness (QED) is 0.759. The van der Waals surface area contributed by atoms with Gasteiger partial charge < -0.3 is 10.5 Å². The highest BCUT2D eigenvalue weighted by Crippen LogP contribution is 2.17. The van der Waals surface area contributed by atoms with Crippen LogP contribution in [0.15, 0.2) is 24.3 Å². The highest BCUT2D eigenvalue weighted by Gasteiger charge is 2.06. The summed E-state index contributed by atoms with van der Waals surface area (Å²) in [7, 11) is 0. The van der Waals surface area contributed by atoms with E-state index in [4.69, 9.17) is 10.5 Å². The zero-order valence-corrected chi connectivity index (χ0v) is 12.1. The summed E-state index contributed by atoms with van der Waals surface area (Å²) in [5.74, 6) is 7.44. The van der Waals surface area contributed by atoms with E-state index < -0.39 is 0 Å². The third-order valence-electron chi connectivity index (χ3n) is 3.20. The van der Waals surface area contributed by atoms with Gasteiger partial charge in [0.25, 0.3) is 0 Å². The zero-order chi connectivity index (χ0) is 13.9. The second-order valence-corrected chi connectivity index (χ2v) is 4.76. The van der Waals surface area contributed by atoms with Crippen molar-refractivity contribution >= 4 is 0 Å². The van der Waals surface area contributed by atoms with Crippen LogP contribution in [-0.2, 0) is 0 Å². The molecule has 1 unspecified atom stereocenters. The second kappa shape index (κ2) is 9.47. The Morgan fingerprint density at radius 2 is 2.16 bits per heavy atom. The third kappa shape index (κ3) is 6.31. The third-order valence-corrected chi connectivity index (χ3v) is 3.20. The average Bonchev–Trinajstić information content (AvgIpc) is 2.46. The summed E-state index contributed by atoms with van der Waals surface area (Å²) in [5.41, 5.74) is 6.34. The Hall–Kier alpha value is -1.46. The number of rotatable bonds is 7. The fourth-order valence-corrected chi connectivity index (χ4v) is 1.93. The molecule has 2 N–H and O–H groups in total. The van der Waals surface area contributed by atoms with E-state index in [1.54, 1.807) is 0 Å². The standard InChI is InChI=1S/C17H25NO/c1-3-5-8-15(4-2)14-19-17-11-6-9-16(13-17)10-7-12-18/h6,9,11,13,15H,3-5,8,12,14,18H2,1-2H3. The highest BCUT2D eigenvalue weighted by molar-refractivity contribution is 5.39. The van der Waals surface area contributed by atoms with Gasteiger partial charge in [0, 0.05) is 5.56 Å². The van der Waals surface area contributed by atoms with Crippen LogP contribution in [0.1, 0.15) is 45.1 Å². The Bertz CT molecular complexity index is 417. The summed E-state index contributed by atoms with van der Waals surface area (Å²) in [6.07, 6.45) is 4.96. The van der Waals surface area contributed by atoms with Crippen molar-refractivity contribution in [1.29, 1.82) is 0 Å². The first-order valence-corrected chi connectivity index (χ1v) is 7.21. The molecule has 0 aliphatic carbocycles. The topological polar surface area (TPSA) is 35.2 Å². The molecule has 0 aliphatic heterocycles. The van der Waals surface area contributed by atoms with E-state index in [9.17, 15) is 0 Å². The first-order chi connectivity index (χ1) is 9.30. The van der Waals surface area contributed by atoms with Gasteiger partial charge in [-0.1, -0.05) is 51.0 Å². The van der Waals surface area contributed by atoms with Crippen LogP contribution in [0.2, 0.25) is 0 Å². The van der Waals surface area contributed by atoms with Crippen LogP contribution in [0.4, 0.5) is 0 Å². The van der Waals surface area contributed by atoms with Crippen molar-refractivity contribution in [2.24, 2.45) is 11.7 Å². The minimum atomic E-state index is 0.389. The van der Waals surface area contributed by atoms with E-state index in [1.807, 2.05) is 24.3 Å². The lowest BCUT2D eigenvalue weighted by molar-refractivity contribution is 0.233. The molecule has 0 amide bonds. The van der Waals surface area contributed by atoms with Crippen molar-refractivity contribution in [1.82, 2.24) is 0 Å². The molecular weight excluding hydrogens is 234 g/mol. The van der Waals surface area contributed by atoms with E-state index in [2.05, 4.69) is 25.7 Å². The van der Waals surface area contributed by atoms with Crippen molar-refractivity contribution in [2.45, 2.75) is 39.5 Å². The Morgan fingerprint density at radius 3 is 2.84 bits per heavy atom. The molecule has 0 aromatic heterocycles. The van der Waals surface area contributed by atoms with Crippen LogP contribution in [0.5, 0.6) is 5.75 Å². The van der Waals surface area contributed by atoms with E-state index in [0.717, 1.165) is 17.9 Å². The predicted molar refractivity (Wildman–Crippen MR) is 81.2 cm³/mol. The summed E-state index contributed by atoms with van der Waals surface area (Å²) >= 11 is 0. The van der Waals surface area contributed by atoms with Crippen LogP contribution >= 0.6 is 0 Å². The number of hydrogen-bond acceptors (Lipinski definition) is 2. The van der Waals surface area contributed by atoms with Gasteiger partial charge in [0.15, 0.2) is 0 Å². The molecule has 0 heterocycles. The van der Waals surface area contributed by atoms with Gasteiger partial charge in [-0.05, 0) is 30.5 Å². The Labute approximate surface area is 117 Å². The SMILES string of the molecule is CCCCC(CC)COc1cccc(C#CCN)c1. The summed E-state index contributed by atoms with van der Waals surface area (Å²) in [6, 6.07) is 7.92. The van der Waals surface area contributed by atoms with Crippen LogP contribution in [0, 0.1) is 17.8 Å². The van der Waals surface area contributed by atoms with Gasteiger partial charge in [0.1, 0.15) is 5.75 Å². The zero-order valence-electron chi connectivity index (χ0n) is 12.1. The fourth-order valence-electron chi connectivity index (χ4n) is 1.93. The van der Waals surface area contributed by atoms with Crippen LogP contribution in [-0.4, -0.2) is 13.2 Å². The van der Waals surface area contributed by atoms with E-state index >= 15 is 0 Å². The van der Waals surface area contributed by atoms with Gasteiger partial charge in [0.2, 0.25) is 0 Å². The van der Waals surface area contributed by atoms with Crippen molar-refractivity contribution in [3.05, 3.63) is 29.8 Å². The lowest BCUT2D eigenvalue weighted by atomic mass is 10.0. The minimum absolute atomic E-state index is 0.389. The van der Waals surface area contributed by atoms with Gasteiger partial charge in [-0.15, -0.1) is 0 Å². The number of hydrogen-bond donors (Lipinski definition) is 1. The Morgan fingerprint density at radius 1 is 1.32 bits per heavy atom. The molecule has 1 rings (SSSR count). The maximum absolute atomic E-state index is 5.88. The average molecular weight is 259 g/mol. The van der Waals surface area contributed by atoms with Crippen LogP contribution < -0.4 is 10.5 Å². The molecule has 2 nitrogen and oxygen atoms in total. The molecule has 1 aromatic carbocycles. The monoisotopic (exact) mass is 259 g/mol. The first kappa shape index (κ1) is 15.6. The lowest BCUT2D eigenvalue weighted by Gasteiger charge is -2.15. The maximum Gasteiger partial charge on any atom is 0.120 e. The molecule has 19 heavy (non-hydrogen) atoms. The van der Waals surface area contributed by atoms with Crippen LogP contribution in [0.25, 0.3) is 0 Å². The van der Waals surface area contributed by atoms with Gasteiger partial charge in [-0.25, -0.2) is 0 Å². The van der Waals surface area contributed by atoms with Crippen molar-refractivity contribution in [2.75, 3.05) is 13.2 Å². The summed E-state index contributed by atoms with van der Waals surface area (Å²) < 4.78 is 5.88. The summed E-state index contributed by atoms with van der Waals surface area (Å²) in [6.45, 7) is 5.64. The molecule has 0 aliphatic rings. The predicted octanol–water partition coefficient (Wildman–Crippen LogP) is 3.59. The van der Waals surface area contributed by atoms with E-state index in [0.29, 0.717) is 12.5 Å². The lowest BCUT2D eigenvalue weighted by Crippen LogP contribution is -2.11. The molecule has 0 radical (unpaired) electrons. The highest BCUT2D eigenvalue weighted by atomic mass is 16.5. The minimum Gasteiger partial charge on any atom is -0.493 e. The molecule has 104 valence electrons. The Kier molecular flexibility index (Phi) is 7.77. The number of benzene rings is 1. The van der Waals surface area contributed by atoms with Crippen molar-refractivity contribution < 1.29 is 4.74 Å². The molecule has 0 saturated carbocycles. The second-order valence-electron chi connectivity index (χ2n) is 4.76. The van der Waals surface area contributed by atoms with E-state index in [1.165, 1.54) is 25.7 Å². The van der Waals surface area contributed by atoms with Gasteiger partial charge in [0.05, 0.1) is 13.2 Å². The smallest absolute Gasteiger partial charge is 0.120 e. The largest absolute Gasteiger partial charge is 0.493 e. The van der Waals surface area contributed by atoms with Crippen LogP contribution in [0.3, 0.4) is 0 Å². The molecule has 0 bridgehead atoms. The number of ether oxygens (including phenoxy) is 1. The maximum atomic E-state index is 5.88. The molecular formula is C17H25NO. The molecule has 0 fully saturated rings. The summed E-state index contributed by atoms with van der Waals surface area (Å²) in [4.78, 5) is 0. The van der Waals surface area contributed by atoms with Gasteiger partial charge in [-0.3, -0.25) is 0 Å².